The highest BCUT2D eigenvalue weighted by Gasteiger charge is 2.21. The third kappa shape index (κ3) is 4.74. The van der Waals surface area contributed by atoms with E-state index in [-0.39, 0.29) is 18.4 Å². The van der Waals surface area contributed by atoms with Crippen molar-refractivity contribution in [3.63, 3.8) is 0 Å². The van der Waals surface area contributed by atoms with Crippen molar-refractivity contribution in [1.82, 2.24) is 4.90 Å². The predicted molar refractivity (Wildman–Crippen MR) is 105 cm³/mol. The first-order chi connectivity index (χ1) is 13.6. The summed E-state index contributed by atoms with van der Waals surface area (Å²) in [6.45, 7) is 5.15. The molecule has 0 spiro atoms. The van der Waals surface area contributed by atoms with Gasteiger partial charge in [-0.3, -0.25) is 4.79 Å². The summed E-state index contributed by atoms with van der Waals surface area (Å²) in [5.74, 6) is 2.05. The van der Waals surface area contributed by atoms with Gasteiger partial charge in [0, 0.05) is 30.2 Å². The average molecular weight is 380 g/mol. The molecule has 1 aliphatic heterocycles. The molecule has 0 radical (unpaired) electrons. The summed E-state index contributed by atoms with van der Waals surface area (Å²) in [5.41, 5.74) is 1.91. The molecule has 1 atom stereocenters. The normalized spacial score (nSPS) is 15.1. The number of hydrogen-bond acceptors (Lipinski definition) is 5. The summed E-state index contributed by atoms with van der Waals surface area (Å²) >= 11 is 0. The molecule has 1 aliphatic rings. The van der Waals surface area contributed by atoms with E-state index in [1.54, 1.807) is 23.3 Å². The fourth-order valence-corrected chi connectivity index (χ4v) is 3.18. The van der Waals surface area contributed by atoms with Crippen LogP contribution in [0.25, 0.3) is 6.08 Å². The van der Waals surface area contributed by atoms with E-state index in [1.807, 2.05) is 32.0 Å². The van der Waals surface area contributed by atoms with Crippen LogP contribution in [-0.2, 0) is 17.8 Å². The Labute approximate surface area is 165 Å². The van der Waals surface area contributed by atoms with Crippen LogP contribution < -0.4 is 9.47 Å². The molecule has 0 fully saturated rings. The van der Waals surface area contributed by atoms with Crippen LogP contribution in [0.1, 0.15) is 37.2 Å². The van der Waals surface area contributed by atoms with Gasteiger partial charge in [-0.1, -0.05) is 0 Å². The number of nitrogens with zero attached hydrogens (tertiary/aromatic N) is 2. The number of fused-ring (bicyclic) bond motifs is 1. The summed E-state index contributed by atoms with van der Waals surface area (Å²) in [6.07, 6.45) is 6.06. The van der Waals surface area contributed by atoms with E-state index in [9.17, 15) is 4.79 Å². The number of nitriles is 1. The van der Waals surface area contributed by atoms with Crippen LogP contribution >= 0.6 is 0 Å². The van der Waals surface area contributed by atoms with Gasteiger partial charge in [0.15, 0.2) is 0 Å². The molecule has 1 unspecified atom stereocenters. The molecule has 0 bridgehead atoms. The van der Waals surface area contributed by atoms with Gasteiger partial charge in [0.1, 0.15) is 23.4 Å². The molecule has 0 N–H and O–H groups in total. The Kier molecular flexibility index (Phi) is 6.38. The van der Waals surface area contributed by atoms with Crippen molar-refractivity contribution in [1.29, 1.82) is 5.26 Å². The fourth-order valence-electron chi connectivity index (χ4n) is 3.18. The van der Waals surface area contributed by atoms with Crippen molar-refractivity contribution in [2.45, 2.75) is 39.3 Å². The standard InChI is InChI=1S/C22H24N2O4/c1-3-26-20-14-18-12-16(2)28-21(18)13-17(20)7-8-22(25)24(10-5-9-23)15-19-6-4-11-27-19/h4,6-8,11,13-14,16H,3,5,10,12,15H2,1-2H3. The summed E-state index contributed by atoms with van der Waals surface area (Å²) < 4.78 is 16.9. The van der Waals surface area contributed by atoms with E-state index in [2.05, 4.69) is 6.07 Å². The van der Waals surface area contributed by atoms with Crippen LogP contribution in [0, 0.1) is 11.3 Å². The lowest BCUT2D eigenvalue weighted by Gasteiger charge is -2.18. The van der Waals surface area contributed by atoms with Gasteiger partial charge >= 0.3 is 0 Å². The highest BCUT2D eigenvalue weighted by atomic mass is 16.5. The van der Waals surface area contributed by atoms with Gasteiger partial charge in [0.05, 0.1) is 31.9 Å². The molecular weight excluding hydrogens is 356 g/mol. The van der Waals surface area contributed by atoms with E-state index >= 15 is 0 Å². The lowest BCUT2D eigenvalue weighted by molar-refractivity contribution is -0.126. The molecule has 2 aromatic rings. The van der Waals surface area contributed by atoms with E-state index < -0.39 is 0 Å². The van der Waals surface area contributed by atoms with Gasteiger partial charge in [0.25, 0.3) is 0 Å². The van der Waals surface area contributed by atoms with Crippen LogP contribution in [0.15, 0.2) is 41.0 Å². The number of amides is 1. The maximum Gasteiger partial charge on any atom is 0.247 e. The highest BCUT2D eigenvalue weighted by molar-refractivity contribution is 5.92. The third-order valence-corrected chi connectivity index (χ3v) is 4.47. The Balaban J connectivity index is 1.79. The summed E-state index contributed by atoms with van der Waals surface area (Å²) in [4.78, 5) is 14.3. The van der Waals surface area contributed by atoms with E-state index in [0.717, 1.165) is 29.0 Å². The quantitative estimate of drug-likeness (QED) is 0.648. The van der Waals surface area contributed by atoms with Gasteiger partial charge in [-0.25, -0.2) is 0 Å². The maximum atomic E-state index is 12.7. The van der Waals surface area contributed by atoms with Crippen molar-refractivity contribution >= 4 is 12.0 Å². The molecule has 28 heavy (non-hydrogen) atoms. The summed E-state index contributed by atoms with van der Waals surface area (Å²) in [6, 6.07) is 9.57. The number of hydrogen-bond donors (Lipinski definition) is 0. The second kappa shape index (κ2) is 9.14. The second-order valence-corrected chi connectivity index (χ2v) is 6.64. The number of carbonyl (C=O) groups excluding carboxylic acids is 1. The molecule has 0 saturated carbocycles. The monoisotopic (exact) mass is 380 g/mol. The molecule has 146 valence electrons. The maximum absolute atomic E-state index is 12.7. The van der Waals surface area contributed by atoms with Gasteiger partial charge in [-0.15, -0.1) is 0 Å². The topological polar surface area (TPSA) is 75.7 Å². The average Bonchev–Trinajstić information content (AvgIpc) is 3.31. The summed E-state index contributed by atoms with van der Waals surface area (Å²) in [7, 11) is 0. The zero-order valence-corrected chi connectivity index (χ0v) is 16.2. The van der Waals surface area contributed by atoms with Gasteiger partial charge in [0.2, 0.25) is 5.91 Å². The smallest absolute Gasteiger partial charge is 0.247 e. The minimum absolute atomic E-state index is 0.139. The minimum atomic E-state index is -0.191. The fraction of sp³-hybridized carbons (Fsp3) is 0.364. The minimum Gasteiger partial charge on any atom is -0.493 e. The van der Waals surface area contributed by atoms with E-state index in [4.69, 9.17) is 19.2 Å². The zero-order chi connectivity index (χ0) is 19.9. The second-order valence-electron chi connectivity index (χ2n) is 6.64. The van der Waals surface area contributed by atoms with Crippen molar-refractivity contribution in [2.24, 2.45) is 0 Å². The summed E-state index contributed by atoms with van der Waals surface area (Å²) in [5, 5.41) is 8.88. The van der Waals surface area contributed by atoms with Crippen molar-refractivity contribution in [3.8, 4) is 17.6 Å². The Morgan fingerprint density at radius 2 is 2.32 bits per heavy atom. The van der Waals surface area contributed by atoms with Gasteiger partial charge < -0.3 is 18.8 Å². The van der Waals surface area contributed by atoms with Crippen LogP contribution in [0.4, 0.5) is 0 Å². The lowest BCUT2D eigenvalue weighted by Crippen LogP contribution is -2.29. The largest absolute Gasteiger partial charge is 0.493 e. The first-order valence-corrected chi connectivity index (χ1v) is 9.43. The highest BCUT2D eigenvalue weighted by Crippen LogP contribution is 2.35. The molecule has 1 amide bonds. The first kappa shape index (κ1) is 19.6. The Morgan fingerprint density at radius 1 is 1.46 bits per heavy atom. The van der Waals surface area contributed by atoms with Crippen LogP contribution in [-0.4, -0.2) is 30.1 Å². The molecule has 1 aromatic heterocycles. The zero-order valence-electron chi connectivity index (χ0n) is 16.2. The van der Waals surface area contributed by atoms with Crippen molar-refractivity contribution < 1.29 is 18.7 Å². The SMILES string of the molecule is CCOc1cc2c(cc1C=CC(=O)N(CCC#N)Cc1ccco1)OC(C)C2. The molecular formula is C22H24N2O4. The number of carbonyl (C=O) groups is 1. The number of benzene rings is 1. The number of rotatable bonds is 8. The number of furan rings is 1. The Bertz CT molecular complexity index is 881. The molecule has 0 aliphatic carbocycles. The van der Waals surface area contributed by atoms with Crippen LogP contribution in [0.2, 0.25) is 0 Å². The first-order valence-electron chi connectivity index (χ1n) is 9.43. The van der Waals surface area contributed by atoms with Crippen molar-refractivity contribution in [3.05, 3.63) is 53.5 Å². The molecule has 0 saturated heterocycles. The van der Waals surface area contributed by atoms with E-state index in [0.29, 0.717) is 25.5 Å². The van der Waals surface area contributed by atoms with Crippen molar-refractivity contribution in [2.75, 3.05) is 13.2 Å². The molecule has 2 heterocycles. The predicted octanol–water partition coefficient (Wildman–Crippen LogP) is 3.96. The molecule has 1 aromatic carbocycles. The van der Waals surface area contributed by atoms with Gasteiger partial charge in [-0.2, -0.15) is 5.26 Å². The molecule has 6 nitrogen and oxygen atoms in total. The van der Waals surface area contributed by atoms with Crippen LogP contribution in [0.5, 0.6) is 11.5 Å². The van der Waals surface area contributed by atoms with E-state index in [1.165, 1.54) is 6.08 Å². The molecule has 3 rings (SSSR count). The third-order valence-electron chi connectivity index (χ3n) is 4.47. The number of ether oxygens (including phenoxy) is 2. The lowest BCUT2D eigenvalue weighted by atomic mass is 10.1. The van der Waals surface area contributed by atoms with Gasteiger partial charge in [-0.05, 0) is 44.2 Å². The Morgan fingerprint density at radius 3 is 3.04 bits per heavy atom. The Hall–Kier alpha value is -3.20. The molecule has 6 heteroatoms. The van der Waals surface area contributed by atoms with Crippen LogP contribution in [0.3, 0.4) is 0 Å².